The highest BCUT2D eigenvalue weighted by atomic mass is 16.5. The standard InChI is InChI=1S/C23H26N2O2/c1-15-11-21-20(16(2)13-23(3,4)25(21)5)12-18(15)14-24-19-9-7-17(8-10-19)22(26)27-6/h7-14H,1-6H3. The van der Waals surface area contributed by atoms with E-state index in [1.54, 1.807) is 12.1 Å². The summed E-state index contributed by atoms with van der Waals surface area (Å²) in [4.78, 5) is 18.4. The molecule has 2 aromatic rings. The van der Waals surface area contributed by atoms with Crippen LogP contribution in [-0.2, 0) is 4.74 Å². The number of rotatable bonds is 3. The fraction of sp³-hybridized carbons (Fsp3) is 0.304. The van der Waals surface area contributed by atoms with Crippen molar-refractivity contribution >= 4 is 29.1 Å². The minimum absolute atomic E-state index is 0.000509. The molecule has 2 aromatic carbocycles. The van der Waals surface area contributed by atoms with Crippen molar-refractivity contribution in [2.24, 2.45) is 4.99 Å². The molecule has 1 aliphatic heterocycles. The summed E-state index contributed by atoms with van der Waals surface area (Å²) in [5.74, 6) is -0.342. The molecule has 4 nitrogen and oxygen atoms in total. The van der Waals surface area contributed by atoms with Crippen LogP contribution in [0.4, 0.5) is 11.4 Å². The third-order valence-electron chi connectivity index (χ3n) is 5.25. The molecule has 0 aliphatic carbocycles. The summed E-state index contributed by atoms with van der Waals surface area (Å²) in [7, 11) is 3.51. The van der Waals surface area contributed by atoms with E-state index in [9.17, 15) is 4.79 Å². The number of hydrogen-bond donors (Lipinski definition) is 0. The molecule has 0 bridgehead atoms. The van der Waals surface area contributed by atoms with E-state index in [4.69, 9.17) is 4.74 Å². The molecular weight excluding hydrogens is 336 g/mol. The van der Waals surface area contributed by atoms with Crippen LogP contribution >= 0.6 is 0 Å². The van der Waals surface area contributed by atoms with Crippen molar-refractivity contribution in [2.75, 3.05) is 19.1 Å². The normalized spacial score (nSPS) is 15.5. The summed E-state index contributed by atoms with van der Waals surface area (Å²) >= 11 is 0. The number of carbonyl (C=O) groups excluding carboxylic acids is 1. The predicted molar refractivity (Wildman–Crippen MR) is 112 cm³/mol. The molecule has 3 rings (SSSR count). The van der Waals surface area contributed by atoms with E-state index >= 15 is 0 Å². The quantitative estimate of drug-likeness (QED) is 0.559. The molecule has 1 heterocycles. The van der Waals surface area contributed by atoms with Crippen molar-refractivity contribution < 1.29 is 9.53 Å². The minimum Gasteiger partial charge on any atom is -0.465 e. The van der Waals surface area contributed by atoms with Crippen molar-refractivity contribution in [3.63, 3.8) is 0 Å². The number of hydrogen-bond acceptors (Lipinski definition) is 4. The maximum Gasteiger partial charge on any atom is 0.337 e. The monoisotopic (exact) mass is 362 g/mol. The number of nitrogens with zero attached hydrogens (tertiary/aromatic N) is 2. The average Bonchev–Trinajstić information content (AvgIpc) is 2.64. The SMILES string of the molecule is COC(=O)c1ccc(N=Cc2cc3c(cc2C)N(C)C(C)(C)C=C3C)cc1. The maximum absolute atomic E-state index is 11.5. The summed E-state index contributed by atoms with van der Waals surface area (Å²) in [6.07, 6.45) is 4.19. The number of aryl methyl sites for hydroxylation is 1. The predicted octanol–water partition coefficient (Wildman–Crippen LogP) is 5.16. The Hall–Kier alpha value is -2.88. The molecule has 0 saturated carbocycles. The molecule has 0 aromatic heterocycles. The first-order chi connectivity index (χ1) is 12.7. The molecule has 0 amide bonds. The van der Waals surface area contributed by atoms with Crippen LogP contribution in [0.15, 0.2) is 47.5 Å². The Bertz CT molecular complexity index is 938. The highest BCUT2D eigenvalue weighted by molar-refractivity contribution is 5.91. The van der Waals surface area contributed by atoms with Crippen molar-refractivity contribution in [3.8, 4) is 0 Å². The first kappa shape index (κ1) is 18.9. The number of likely N-dealkylation sites (N-methyl/N-ethyl adjacent to an activating group) is 1. The van der Waals surface area contributed by atoms with Gasteiger partial charge in [0.1, 0.15) is 0 Å². The lowest BCUT2D eigenvalue weighted by Gasteiger charge is -2.41. The van der Waals surface area contributed by atoms with E-state index in [1.165, 1.54) is 29.5 Å². The van der Waals surface area contributed by atoms with Gasteiger partial charge in [-0.05, 0) is 80.8 Å². The molecule has 4 heteroatoms. The Morgan fingerprint density at radius 2 is 1.81 bits per heavy atom. The topological polar surface area (TPSA) is 41.9 Å². The van der Waals surface area contributed by atoms with Gasteiger partial charge in [-0.15, -0.1) is 0 Å². The van der Waals surface area contributed by atoms with Crippen LogP contribution in [0.1, 0.15) is 47.8 Å². The molecule has 0 atom stereocenters. The van der Waals surface area contributed by atoms with Crippen molar-refractivity contribution in [1.82, 2.24) is 0 Å². The zero-order valence-electron chi connectivity index (χ0n) is 16.8. The molecule has 0 unspecified atom stereocenters. The van der Waals surface area contributed by atoms with E-state index in [1.807, 2.05) is 18.3 Å². The highest BCUT2D eigenvalue weighted by Crippen LogP contribution is 2.39. The van der Waals surface area contributed by atoms with Gasteiger partial charge in [-0.25, -0.2) is 4.79 Å². The van der Waals surface area contributed by atoms with E-state index in [0.29, 0.717) is 5.56 Å². The Balaban J connectivity index is 1.92. The number of methoxy groups -OCH3 is 1. The molecule has 0 spiro atoms. The molecule has 27 heavy (non-hydrogen) atoms. The van der Waals surface area contributed by atoms with Crippen molar-refractivity contribution in [1.29, 1.82) is 0 Å². The van der Waals surface area contributed by atoms with Gasteiger partial charge in [0.05, 0.1) is 23.9 Å². The van der Waals surface area contributed by atoms with Gasteiger partial charge >= 0.3 is 5.97 Å². The van der Waals surface area contributed by atoms with E-state index in [2.05, 4.69) is 62.8 Å². The molecular formula is C23H26N2O2. The molecule has 0 fully saturated rings. The zero-order valence-corrected chi connectivity index (χ0v) is 16.8. The third kappa shape index (κ3) is 3.65. The summed E-state index contributed by atoms with van der Waals surface area (Å²) in [6, 6.07) is 11.5. The lowest BCUT2D eigenvalue weighted by atomic mass is 9.87. The van der Waals surface area contributed by atoms with Gasteiger partial charge in [0.2, 0.25) is 0 Å². The van der Waals surface area contributed by atoms with Crippen molar-refractivity contribution in [3.05, 3.63) is 64.7 Å². The third-order valence-corrected chi connectivity index (χ3v) is 5.25. The summed E-state index contributed by atoms with van der Waals surface area (Å²) in [5.41, 5.74) is 7.36. The van der Waals surface area contributed by atoms with Crippen LogP contribution in [0.2, 0.25) is 0 Å². The van der Waals surface area contributed by atoms with Crippen LogP contribution in [0.5, 0.6) is 0 Å². The van der Waals surface area contributed by atoms with Gasteiger partial charge in [-0.1, -0.05) is 6.08 Å². The van der Waals surface area contributed by atoms with Crippen LogP contribution in [-0.4, -0.2) is 31.9 Å². The second kappa shape index (κ2) is 7.03. The lowest BCUT2D eigenvalue weighted by Crippen LogP contribution is -2.42. The van der Waals surface area contributed by atoms with Gasteiger partial charge in [0.15, 0.2) is 0 Å². The second-order valence-electron chi connectivity index (χ2n) is 7.56. The molecule has 140 valence electrons. The van der Waals surface area contributed by atoms with E-state index in [0.717, 1.165) is 11.3 Å². The number of allylic oxidation sites excluding steroid dienone is 1. The number of fused-ring (bicyclic) bond motifs is 1. The molecule has 1 aliphatic rings. The van der Waals surface area contributed by atoms with Gasteiger partial charge < -0.3 is 9.64 Å². The molecule has 0 saturated heterocycles. The van der Waals surface area contributed by atoms with E-state index in [-0.39, 0.29) is 11.5 Å². The number of aliphatic imine (C=N–C) groups is 1. The Labute approximate surface area is 161 Å². The number of anilines is 1. The second-order valence-corrected chi connectivity index (χ2v) is 7.56. The lowest BCUT2D eigenvalue weighted by molar-refractivity contribution is 0.0601. The maximum atomic E-state index is 11.5. The van der Waals surface area contributed by atoms with Gasteiger partial charge in [0.25, 0.3) is 0 Å². The minimum atomic E-state index is -0.342. The summed E-state index contributed by atoms with van der Waals surface area (Å²) < 4.78 is 4.72. The van der Waals surface area contributed by atoms with Gasteiger partial charge in [-0.3, -0.25) is 4.99 Å². The zero-order chi connectivity index (χ0) is 19.8. The fourth-order valence-electron chi connectivity index (χ4n) is 3.40. The number of esters is 1. The summed E-state index contributed by atoms with van der Waals surface area (Å²) in [6.45, 7) is 8.72. The van der Waals surface area contributed by atoms with Crippen LogP contribution in [0.25, 0.3) is 5.57 Å². The summed E-state index contributed by atoms with van der Waals surface area (Å²) in [5, 5.41) is 0. The van der Waals surface area contributed by atoms with Crippen LogP contribution in [0.3, 0.4) is 0 Å². The van der Waals surface area contributed by atoms with Crippen LogP contribution < -0.4 is 4.90 Å². The number of ether oxygens (including phenoxy) is 1. The van der Waals surface area contributed by atoms with Crippen molar-refractivity contribution in [2.45, 2.75) is 33.2 Å². The van der Waals surface area contributed by atoms with Crippen LogP contribution in [0, 0.1) is 6.92 Å². The van der Waals surface area contributed by atoms with Gasteiger partial charge in [0, 0.05) is 24.5 Å². The Morgan fingerprint density at radius 3 is 2.44 bits per heavy atom. The first-order valence-corrected chi connectivity index (χ1v) is 9.03. The first-order valence-electron chi connectivity index (χ1n) is 9.03. The smallest absolute Gasteiger partial charge is 0.337 e. The Morgan fingerprint density at radius 1 is 1.15 bits per heavy atom. The highest BCUT2D eigenvalue weighted by Gasteiger charge is 2.28. The molecule has 0 N–H and O–H groups in total. The number of carbonyl (C=O) groups is 1. The van der Waals surface area contributed by atoms with Gasteiger partial charge in [-0.2, -0.15) is 0 Å². The van der Waals surface area contributed by atoms with E-state index < -0.39 is 0 Å². The largest absolute Gasteiger partial charge is 0.465 e. The average molecular weight is 362 g/mol. The Kier molecular flexibility index (Phi) is 4.92. The fourth-order valence-corrected chi connectivity index (χ4v) is 3.40. The number of benzene rings is 2. The molecule has 0 radical (unpaired) electrons.